The molecular weight excluding hydrogens is 336 g/mol. The largest absolute Gasteiger partial charge is 0.493 e. The molecule has 5 nitrogen and oxygen atoms in total. The number of ether oxygens (including phenoxy) is 2. The fourth-order valence-electron chi connectivity index (χ4n) is 1.78. The fourth-order valence-corrected chi connectivity index (χ4v) is 2.40. The van der Waals surface area contributed by atoms with Crippen LogP contribution < -0.4 is 14.9 Å². The van der Waals surface area contributed by atoms with E-state index in [4.69, 9.17) is 9.47 Å². The molecule has 0 radical (unpaired) electrons. The van der Waals surface area contributed by atoms with Gasteiger partial charge in [0.25, 0.3) is 0 Å². The van der Waals surface area contributed by atoms with E-state index < -0.39 is 0 Å². The lowest BCUT2D eigenvalue weighted by Gasteiger charge is -2.10. The average molecular weight is 357 g/mol. The minimum atomic E-state index is -0.0701. The molecule has 1 rings (SSSR count). The van der Waals surface area contributed by atoms with E-state index >= 15 is 0 Å². The highest BCUT2D eigenvalue weighted by Crippen LogP contribution is 2.35. The standard InChI is InChI=1S/C15H21BrN2O3/c1-4-5-6-7-14(19)18-17-10-11-8-12(16)15(21-3)13(9-11)20-2/h8-10H,4-7H2,1-3H3,(H,18,19). The number of nitrogens with one attached hydrogen (secondary N) is 1. The van der Waals surface area contributed by atoms with Crippen LogP contribution >= 0.6 is 15.9 Å². The first-order valence-electron chi connectivity index (χ1n) is 6.85. The molecule has 0 aliphatic carbocycles. The number of carbonyl (C=O) groups is 1. The molecule has 21 heavy (non-hydrogen) atoms. The quantitative estimate of drug-likeness (QED) is 0.440. The summed E-state index contributed by atoms with van der Waals surface area (Å²) in [5.41, 5.74) is 3.32. The molecule has 0 aromatic heterocycles. The Kier molecular flexibility index (Phi) is 7.82. The van der Waals surface area contributed by atoms with Crippen molar-refractivity contribution in [2.75, 3.05) is 14.2 Å². The van der Waals surface area contributed by atoms with Gasteiger partial charge in [0.05, 0.1) is 24.9 Å². The van der Waals surface area contributed by atoms with Crippen LogP contribution in [0.2, 0.25) is 0 Å². The van der Waals surface area contributed by atoms with Gasteiger partial charge in [0, 0.05) is 6.42 Å². The van der Waals surface area contributed by atoms with E-state index in [9.17, 15) is 4.79 Å². The van der Waals surface area contributed by atoms with Gasteiger partial charge in [-0.05, 0) is 40.0 Å². The molecule has 0 fully saturated rings. The molecule has 0 aliphatic rings. The Hall–Kier alpha value is -1.56. The van der Waals surface area contributed by atoms with Crippen LogP contribution in [0.15, 0.2) is 21.7 Å². The van der Waals surface area contributed by atoms with Crippen LogP contribution in [0.4, 0.5) is 0 Å². The molecule has 0 heterocycles. The summed E-state index contributed by atoms with van der Waals surface area (Å²) >= 11 is 3.41. The highest BCUT2D eigenvalue weighted by atomic mass is 79.9. The average Bonchev–Trinajstić information content (AvgIpc) is 2.47. The third-order valence-electron chi connectivity index (χ3n) is 2.87. The zero-order valence-corrected chi connectivity index (χ0v) is 14.2. The van der Waals surface area contributed by atoms with Crippen LogP contribution in [0.5, 0.6) is 11.5 Å². The van der Waals surface area contributed by atoms with Gasteiger partial charge in [0.1, 0.15) is 0 Å². The van der Waals surface area contributed by atoms with Crippen molar-refractivity contribution in [1.82, 2.24) is 5.43 Å². The predicted molar refractivity (Wildman–Crippen MR) is 87.1 cm³/mol. The number of hydrogen-bond donors (Lipinski definition) is 1. The van der Waals surface area contributed by atoms with Crippen LogP contribution in [0.1, 0.15) is 38.2 Å². The van der Waals surface area contributed by atoms with E-state index in [0.717, 1.165) is 29.3 Å². The number of hydrazone groups is 1. The summed E-state index contributed by atoms with van der Waals surface area (Å²) < 4.78 is 11.2. The SMILES string of the molecule is CCCCCC(=O)NN=Cc1cc(Br)c(OC)c(OC)c1. The van der Waals surface area contributed by atoms with Gasteiger partial charge in [-0.3, -0.25) is 4.79 Å². The first-order chi connectivity index (χ1) is 10.1. The first kappa shape index (κ1) is 17.5. The summed E-state index contributed by atoms with van der Waals surface area (Å²) in [6.07, 6.45) is 5.11. The van der Waals surface area contributed by atoms with E-state index in [0.29, 0.717) is 17.9 Å². The van der Waals surface area contributed by atoms with Gasteiger partial charge >= 0.3 is 0 Å². The number of methoxy groups -OCH3 is 2. The monoisotopic (exact) mass is 356 g/mol. The summed E-state index contributed by atoms with van der Waals surface area (Å²) in [5.74, 6) is 1.15. The van der Waals surface area contributed by atoms with Gasteiger partial charge in [0.15, 0.2) is 11.5 Å². The number of carbonyl (C=O) groups excluding carboxylic acids is 1. The smallest absolute Gasteiger partial charge is 0.240 e. The number of hydrogen-bond acceptors (Lipinski definition) is 4. The van der Waals surface area contributed by atoms with Crippen LogP contribution in [0.25, 0.3) is 0 Å². The lowest BCUT2D eigenvalue weighted by molar-refractivity contribution is -0.121. The zero-order chi connectivity index (χ0) is 15.7. The molecule has 1 N–H and O–H groups in total. The number of amides is 1. The molecule has 116 valence electrons. The van der Waals surface area contributed by atoms with Gasteiger partial charge in [-0.15, -0.1) is 0 Å². The summed E-state index contributed by atoms with van der Waals surface area (Å²) in [7, 11) is 3.15. The Morgan fingerprint density at radius 2 is 2.10 bits per heavy atom. The minimum absolute atomic E-state index is 0.0701. The van der Waals surface area contributed by atoms with Crippen molar-refractivity contribution in [2.45, 2.75) is 32.6 Å². The van der Waals surface area contributed by atoms with Crippen molar-refractivity contribution in [3.8, 4) is 11.5 Å². The number of nitrogens with zero attached hydrogens (tertiary/aromatic N) is 1. The van der Waals surface area contributed by atoms with Crippen LogP contribution in [0, 0.1) is 0 Å². The molecule has 0 spiro atoms. The maximum atomic E-state index is 11.5. The molecule has 6 heteroatoms. The minimum Gasteiger partial charge on any atom is -0.493 e. The number of halogens is 1. The van der Waals surface area contributed by atoms with Crippen molar-refractivity contribution in [3.63, 3.8) is 0 Å². The van der Waals surface area contributed by atoms with Crippen molar-refractivity contribution >= 4 is 28.1 Å². The lowest BCUT2D eigenvalue weighted by Crippen LogP contribution is -2.16. The molecule has 0 saturated carbocycles. The van der Waals surface area contributed by atoms with Gasteiger partial charge < -0.3 is 9.47 Å². The molecule has 0 saturated heterocycles. The molecule has 0 atom stereocenters. The van der Waals surface area contributed by atoms with Gasteiger partial charge in [-0.1, -0.05) is 19.8 Å². The zero-order valence-electron chi connectivity index (χ0n) is 12.6. The fraction of sp³-hybridized carbons (Fsp3) is 0.467. The summed E-state index contributed by atoms with van der Waals surface area (Å²) in [6.45, 7) is 2.10. The summed E-state index contributed by atoms with van der Waals surface area (Å²) in [6, 6.07) is 3.63. The molecule has 0 bridgehead atoms. The molecule has 0 aliphatic heterocycles. The molecule has 1 aromatic rings. The Balaban J connectivity index is 2.64. The Bertz CT molecular complexity index is 504. The van der Waals surface area contributed by atoms with E-state index in [1.165, 1.54) is 0 Å². The Labute approximate surface area is 133 Å². The van der Waals surface area contributed by atoms with E-state index in [2.05, 4.69) is 33.4 Å². The predicted octanol–water partition coefficient (Wildman–Crippen LogP) is 3.50. The first-order valence-corrected chi connectivity index (χ1v) is 7.65. The number of benzene rings is 1. The normalized spacial score (nSPS) is 10.7. The second-order valence-corrected chi connectivity index (χ2v) is 5.34. The summed E-state index contributed by atoms with van der Waals surface area (Å²) in [5, 5.41) is 3.95. The second-order valence-electron chi connectivity index (χ2n) is 4.49. The van der Waals surface area contributed by atoms with E-state index in [1.807, 2.05) is 6.07 Å². The Morgan fingerprint density at radius 3 is 2.71 bits per heavy atom. The Morgan fingerprint density at radius 1 is 1.33 bits per heavy atom. The van der Waals surface area contributed by atoms with Crippen molar-refractivity contribution in [3.05, 3.63) is 22.2 Å². The van der Waals surface area contributed by atoms with Crippen LogP contribution in [0.3, 0.4) is 0 Å². The molecule has 0 unspecified atom stereocenters. The van der Waals surface area contributed by atoms with Gasteiger partial charge in [-0.2, -0.15) is 5.10 Å². The second kappa shape index (κ2) is 9.39. The number of rotatable bonds is 8. The lowest BCUT2D eigenvalue weighted by atomic mass is 10.2. The van der Waals surface area contributed by atoms with Crippen LogP contribution in [-0.2, 0) is 4.79 Å². The molecular formula is C15H21BrN2O3. The van der Waals surface area contributed by atoms with Gasteiger partial charge in [-0.25, -0.2) is 5.43 Å². The van der Waals surface area contributed by atoms with Crippen LogP contribution in [-0.4, -0.2) is 26.3 Å². The van der Waals surface area contributed by atoms with Gasteiger partial charge in [0.2, 0.25) is 5.91 Å². The maximum absolute atomic E-state index is 11.5. The van der Waals surface area contributed by atoms with Crippen molar-refractivity contribution < 1.29 is 14.3 Å². The summed E-state index contributed by atoms with van der Waals surface area (Å²) in [4.78, 5) is 11.5. The molecule has 1 aromatic carbocycles. The highest BCUT2D eigenvalue weighted by molar-refractivity contribution is 9.10. The third-order valence-corrected chi connectivity index (χ3v) is 3.46. The van der Waals surface area contributed by atoms with Crippen molar-refractivity contribution in [2.24, 2.45) is 5.10 Å². The van der Waals surface area contributed by atoms with Crippen molar-refractivity contribution in [1.29, 1.82) is 0 Å². The number of unbranched alkanes of at least 4 members (excludes halogenated alkanes) is 2. The topological polar surface area (TPSA) is 59.9 Å². The van der Waals surface area contributed by atoms with E-state index in [-0.39, 0.29) is 5.91 Å². The highest BCUT2D eigenvalue weighted by Gasteiger charge is 2.09. The third kappa shape index (κ3) is 5.75. The molecule has 1 amide bonds. The van der Waals surface area contributed by atoms with E-state index in [1.54, 1.807) is 26.5 Å². The maximum Gasteiger partial charge on any atom is 0.240 e.